The van der Waals surface area contributed by atoms with Crippen LogP contribution in [-0.2, 0) is 16.4 Å². The molecule has 0 bridgehead atoms. The fraction of sp³-hybridized carbons (Fsp3) is 0.217. The number of benzene rings is 2. The summed E-state index contributed by atoms with van der Waals surface area (Å²) in [6.45, 7) is 5.50. The van der Waals surface area contributed by atoms with Crippen molar-refractivity contribution in [1.29, 1.82) is 0 Å². The van der Waals surface area contributed by atoms with Gasteiger partial charge < -0.3 is 4.42 Å². The Hall–Kier alpha value is -2.97. The summed E-state index contributed by atoms with van der Waals surface area (Å²) in [5, 5.41) is 0.0246. The lowest BCUT2D eigenvalue weighted by Gasteiger charge is -2.19. The van der Waals surface area contributed by atoms with Gasteiger partial charge in [-0.25, -0.2) is 13.4 Å². The van der Waals surface area contributed by atoms with E-state index < -0.39 is 15.1 Å². The fourth-order valence-corrected chi connectivity index (χ4v) is 5.26. The smallest absolute Gasteiger partial charge is 0.260 e. The van der Waals surface area contributed by atoms with Crippen molar-refractivity contribution in [3.8, 4) is 0 Å². The number of aryl methyl sites for hydroxylation is 1. The number of thiazole rings is 1. The first kappa shape index (κ1) is 21.3. The highest BCUT2D eigenvalue weighted by Crippen LogP contribution is 2.31. The average Bonchev–Trinajstić information content (AvgIpc) is 3.40. The van der Waals surface area contributed by atoms with E-state index >= 15 is 0 Å². The Bertz CT molecular complexity index is 1320. The summed E-state index contributed by atoms with van der Waals surface area (Å²) >= 11 is 1.43. The highest BCUT2D eigenvalue weighted by Gasteiger charge is 2.24. The molecule has 2 aromatic carbocycles. The van der Waals surface area contributed by atoms with E-state index in [1.54, 1.807) is 49.3 Å². The molecule has 0 atom stereocenters. The van der Waals surface area contributed by atoms with E-state index in [4.69, 9.17) is 4.42 Å². The molecule has 2 aromatic heterocycles. The zero-order valence-electron chi connectivity index (χ0n) is 17.4. The molecular weight excluding hydrogens is 432 g/mol. The normalized spacial score (nSPS) is 11.9. The molecule has 8 heteroatoms. The Morgan fingerprint density at radius 2 is 1.87 bits per heavy atom. The average molecular weight is 455 g/mol. The van der Waals surface area contributed by atoms with E-state index in [2.05, 4.69) is 4.98 Å². The minimum Gasteiger partial charge on any atom is -0.467 e. The third-order valence-electron chi connectivity index (χ3n) is 4.95. The highest BCUT2D eigenvalue weighted by molar-refractivity contribution is 7.92. The Kier molecular flexibility index (Phi) is 5.68. The number of amides is 1. The van der Waals surface area contributed by atoms with Crippen molar-refractivity contribution in [3.63, 3.8) is 0 Å². The predicted molar refractivity (Wildman–Crippen MR) is 122 cm³/mol. The minimum atomic E-state index is -3.40. The first-order valence-corrected chi connectivity index (χ1v) is 12.2. The second-order valence-corrected chi connectivity index (χ2v) is 11.1. The van der Waals surface area contributed by atoms with E-state index in [1.807, 2.05) is 25.1 Å². The van der Waals surface area contributed by atoms with E-state index in [9.17, 15) is 13.2 Å². The van der Waals surface area contributed by atoms with Crippen molar-refractivity contribution in [2.24, 2.45) is 0 Å². The lowest BCUT2D eigenvalue weighted by Crippen LogP contribution is -2.30. The number of furan rings is 1. The zero-order valence-corrected chi connectivity index (χ0v) is 19.0. The SMILES string of the molecule is Cc1ccc2nc(N(Cc3ccco3)C(=O)c3ccc(S(=O)(=O)C(C)C)cc3)sc2c1. The van der Waals surface area contributed by atoms with E-state index in [-0.39, 0.29) is 17.3 Å². The van der Waals surface area contributed by atoms with Gasteiger partial charge >= 0.3 is 0 Å². The number of nitrogens with zero attached hydrogens (tertiary/aromatic N) is 2. The summed E-state index contributed by atoms with van der Waals surface area (Å²) in [7, 11) is -3.40. The molecule has 0 saturated heterocycles. The molecule has 0 N–H and O–H groups in total. The third-order valence-corrected chi connectivity index (χ3v) is 8.16. The van der Waals surface area contributed by atoms with Crippen molar-refractivity contribution < 1.29 is 17.6 Å². The zero-order chi connectivity index (χ0) is 22.2. The number of carbonyl (C=O) groups excluding carboxylic acids is 1. The molecule has 0 aliphatic heterocycles. The van der Waals surface area contributed by atoms with Gasteiger partial charge in [-0.1, -0.05) is 17.4 Å². The highest BCUT2D eigenvalue weighted by atomic mass is 32.2. The van der Waals surface area contributed by atoms with Gasteiger partial charge in [-0.05, 0) is 74.9 Å². The second-order valence-electron chi connectivity index (χ2n) is 7.56. The van der Waals surface area contributed by atoms with Crippen LogP contribution in [0.3, 0.4) is 0 Å². The number of aromatic nitrogens is 1. The molecule has 4 aromatic rings. The fourth-order valence-electron chi connectivity index (χ4n) is 3.14. The number of rotatable bonds is 6. The van der Waals surface area contributed by atoms with Gasteiger partial charge in [0, 0.05) is 5.56 Å². The number of fused-ring (bicyclic) bond motifs is 1. The Morgan fingerprint density at radius 3 is 2.52 bits per heavy atom. The molecule has 0 aliphatic carbocycles. The van der Waals surface area contributed by atoms with Crippen LogP contribution in [0, 0.1) is 6.92 Å². The van der Waals surface area contributed by atoms with E-state index in [1.165, 1.54) is 23.5 Å². The molecule has 31 heavy (non-hydrogen) atoms. The van der Waals surface area contributed by atoms with Crippen LogP contribution in [-0.4, -0.2) is 24.6 Å². The summed E-state index contributed by atoms with van der Waals surface area (Å²) < 4.78 is 31.2. The van der Waals surface area contributed by atoms with E-state index in [0.29, 0.717) is 16.5 Å². The van der Waals surface area contributed by atoms with Gasteiger partial charge in [-0.2, -0.15) is 0 Å². The maximum absolute atomic E-state index is 13.4. The van der Waals surface area contributed by atoms with Gasteiger partial charge in [-0.15, -0.1) is 0 Å². The van der Waals surface area contributed by atoms with Crippen molar-refractivity contribution in [2.75, 3.05) is 4.90 Å². The summed E-state index contributed by atoms with van der Waals surface area (Å²) in [6, 6.07) is 15.6. The predicted octanol–water partition coefficient (Wildman–Crippen LogP) is 5.23. The van der Waals surface area contributed by atoms with Crippen LogP contribution in [0.15, 0.2) is 70.2 Å². The van der Waals surface area contributed by atoms with Crippen molar-refractivity contribution in [3.05, 3.63) is 77.7 Å². The summed E-state index contributed by atoms with van der Waals surface area (Å²) in [4.78, 5) is 19.8. The first-order chi connectivity index (χ1) is 14.8. The van der Waals surface area contributed by atoms with Crippen LogP contribution in [0.2, 0.25) is 0 Å². The second kappa shape index (κ2) is 8.28. The Morgan fingerprint density at radius 1 is 1.13 bits per heavy atom. The molecule has 0 aliphatic rings. The van der Waals surface area contributed by atoms with Crippen LogP contribution >= 0.6 is 11.3 Å². The summed E-state index contributed by atoms with van der Waals surface area (Å²) in [5.74, 6) is 0.350. The maximum atomic E-state index is 13.4. The Balaban J connectivity index is 1.71. The van der Waals surface area contributed by atoms with Gasteiger partial charge in [0.05, 0.1) is 33.2 Å². The van der Waals surface area contributed by atoms with Crippen LogP contribution in [0.4, 0.5) is 5.13 Å². The molecule has 4 rings (SSSR count). The molecule has 1 amide bonds. The molecule has 0 unspecified atom stereocenters. The number of sulfone groups is 1. The number of hydrogen-bond donors (Lipinski definition) is 0. The molecule has 160 valence electrons. The molecule has 6 nitrogen and oxygen atoms in total. The van der Waals surface area contributed by atoms with Gasteiger partial charge in [0.1, 0.15) is 5.76 Å². The number of hydrogen-bond acceptors (Lipinski definition) is 6. The number of anilines is 1. The van der Waals surface area contributed by atoms with Crippen molar-refractivity contribution >= 4 is 42.4 Å². The maximum Gasteiger partial charge on any atom is 0.260 e. The molecule has 0 radical (unpaired) electrons. The van der Waals surface area contributed by atoms with Crippen molar-refractivity contribution in [2.45, 2.75) is 37.5 Å². The molecular formula is C23H22N2O4S2. The lowest BCUT2D eigenvalue weighted by molar-refractivity contribution is 0.0983. The minimum absolute atomic E-state index is 0.201. The van der Waals surface area contributed by atoms with Gasteiger partial charge in [0.25, 0.3) is 5.91 Å². The van der Waals surface area contributed by atoms with Gasteiger partial charge in [0.15, 0.2) is 15.0 Å². The van der Waals surface area contributed by atoms with Gasteiger partial charge in [0.2, 0.25) is 0 Å². The Labute approximate surface area is 185 Å². The van der Waals surface area contributed by atoms with Crippen LogP contribution < -0.4 is 4.90 Å². The van der Waals surface area contributed by atoms with Crippen molar-refractivity contribution in [1.82, 2.24) is 4.98 Å². The van der Waals surface area contributed by atoms with E-state index in [0.717, 1.165) is 15.8 Å². The quantitative estimate of drug-likeness (QED) is 0.399. The van der Waals surface area contributed by atoms with Gasteiger partial charge in [-0.3, -0.25) is 9.69 Å². The summed E-state index contributed by atoms with van der Waals surface area (Å²) in [5.41, 5.74) is 2.32. The summed E-state index contributed by atoms with van der Waals surface area (Å²) in [6.07, 6.45) is 1.56. The molecule has 0 saturated carbocycles. The first-order valence-electron chi connectivity index (χ1n) is 9.81. The van der Waals surface area contributed by atoms with Crippen LogP contribution in [0.1, 0.15) is 35.5 Å². The monoisotopic (exact) mass is 454 g/mol. The third kappa shape index (κ3) is 4.26. The van der Waals surface area contributed by atoms with Crippen LogP contribution in [0.5, 0.6) is 0 Å². The number of carbonyl (C=O) groups is 1. The lowest BCUT2D eigenvalue weighted by atomic mass is 10.2. The topological polar surface area (TPSA) is 80.5 Å². The van der Waals surface area contributed by atoms with Crippen LogP contribution in [0.25, 0.3) is 10.2 Å². The molecule has 0 fully saturated rings. The largest absolute Gasteiger partial charge is 0.467 e. The molecule has 2 heterocycles. The molecule has 0 spiro atoms. The standard InChI is InChI=1S/C23H22N2O4S2/c1-15(2)31(27,28)19-9-7-17(8-10-19)22(26)25(14-18-5-4-12-29-18)23-24-20-11-6-16(3)13-21(20)30-23/h4-13,15H,14H2,1-3H3.